The molecule has 2 heteroatoms. The lowest BCUT2D eigenvalue weighted by Gasteiger charge is -2.14. The number of hydrogen-bond acceptors (Lipinski definition) is 2. The fourth-order valence-electron chi connectivity index (χ4n) is 1.79. The number of rotatable bonds is 4. The molecular weight excluding hydrogens is 184 g/mol. The largest absolute Gasteiger partial charge is 0.378 e. The number of hydrogen-bond donors (Lipinski definition) is 1. The molecule has 0 aliphatic heterocycles. The maximum absolute atomic E-state index is 6.08. The van der Waals surface area contributed by atoms with Crippen molar-refractivity contribution in [3.63, 3.8) is 0 Å². The van der Waals surface area contributed by atoms with Crippen molar-refractivity contribution in [2.24, 2.45) is 5.73 Å². The molecule has 0 saturated heterocycles. The first-order valence-corrected chi connectivity index (χ1v) is 5.64. The van der Waals surface area contributed by atoms with Crippen LogP contribution in [0.5, 0.6) is 0 Å². The third kappa shape index (κ3) is 2.72. The molecule has 2 rings (SSSR count). The Balaban J connectivity index is 1.98. The van der Waals surface area contributed by atoms with Crippen molar-refractivity contribution in [2.75, 3.05) is 19.0 Å². The topological polar surface area (TPSA) is 29.3 Å². The van der Waals surface area contributed by atoms with Crippen LogP contribution in [0, 0.1) is 0 Å². The molecule has 0 atom stereocenters. The minimum absolute atomic E-state index is 0.175. The van der Waals surface area contributed by atoms with Gasteiger partial charge in [-0.1, -0.05) is 12.1 Å². The Kier molecular flexibility index (Phi) is 2.70. The fourth-order valence-corrected chi connectivity index (χ4v) is 1.79. The number of benzene rings is 1. The first-order valence-electron chi connectivity index (χ1n) is 5.64. The van der Waals surface area contributed by atoms with Gasteiger partial charge in [0.1, 0.15) is 0 Å². The molecule has 0 amide bonds. The van der Waals surface area contributed by atoms with Gasteiger partial charge in [0.25, 0.3) is 0 Å². The minimum atomic E-state index is 0.175. The van der Waals surface area contributed by atoms with Crippen molar-refractivity contribution in [1.82, 2.24) is 0 Å². The van der Waals surface area contributed by atoms with Crippen LogP contribution in [-0.4, -0.2) is 19.6 Å². The zero-order valence-electron chi connectivity index (χ0n) is 9.66. The van der Waals surface area contributed by atoms with E-state index in [2.05, 4.69) is 43.3 Å². The van der Waals surface area contributed by atoms with Gasteiger partial charge >= 0.3 is 0 Å². The highest BCUT2D eigenvalue weighted by Crippen LogP contribution is 2.36. The molecule has 2 N–H and O–H groups in total. The Morgan fingerprint density at radius 2 is 2.07 bits per heavy atom. The summed E-state index contributed by atoms with van der Waals surface area (Å²) in [6.07, 6.45) is 4.66. The van der Waals surface area contributed by atoms with Gasteiger partial charge in [0.15, 0.2) is 0 Å². The van der Waals surface area contributed by atoms with E-state index in [0.717, 1.165) is 12.8 Å². The lowest BCUT2D eigenvalue weighted by molar-refractivity contribution is 0.609. The summed E-state index contributed by atoms with van der Waals surface area (Å²) < 4.78 is 0. The molecule has 1 fully saturated rings. The van der Waals surface area contributed by atoms with Crippen LogP contribution in [0.3, 0.4) is 0 Å². The molecule has 2 nitrogen and oxygen atoms in total. The van der Waals surface area contributed by atoms with Gasteiger partial charge in [-0.25, -0.2) is 0 Å². The molecule has 1 aromatic rings. The van der Waals surface area contributed by atoms with Crippen LogP contribution < -0.4 is 10.6 Å². The van der Waals surface area contributed by atoms with Gasteiger partial charge < -0.3 is 10.6 Å². The van der Waals surface area contributed by atoms with Gasteiger partial charge in [-0.2, -0.15) is 0 Å². The van der Waals surface area contributed by atoms with Gasteiger partial charge in [0, 0.05) is 25.3 Å². The summed E-state index contributed by atoms with van der Waals surface area (Å²) in [6.45, 7) is 0. The molecule has 0 bridgehead atoms. The van der Waals surface area contributed by atoms with Crippen LogP contribution in [0.4, 0.5) is 5.69 Å². The molecule has 82 valence electrons. The van der Waals surface area contributed by atoms with E-state index < -0.39 is 0 Å². The third-order valence-corrected chi connectivity index (χ3v) is 3.23. The number of nitrogens with two attached hydrogens (primary N) is 1. The molecule has 15 heavy (non-hydrogen) atoms. The van der Waals surface area contributed by atoms with Crippen molar-refractivity contribution >= 4 is 5.69 Å². The third-order valence-electron chi connectivity index (χ3n) is 3.23. The van der Waals surface area contributed by atoms with E-state index in [1.54, 1.807) is 0 Å². The average molecular weight is 204 g/mol. The second-order valence-electron chi connectivity index (χ2n) is 4.93. The lowest BCUT2D eigenvalue weighted by atomic mass is 10.0. The van der Waals surface area contributed by atoms with Gasteiger partial charge in [0.2, 0.25) is 0 Å². The predicted molar refractivity (Wildman–Crippen MR) is 65.2 cm³/mol. The van der Waals surface area contributed by atoms with Crippen molar-refractivity contribution in [2.45, 2.75) is 31.2 Å². The molecule has 1 aromatic carbocycles. The summed E-state index contributed by atoms with van der Waals surface area (Å²) in [5.74, 6) is 0. The quantitative estimate of drug-likeness (QED) is 0.814. The molecule has 0 spiro atoms. The predicted octanol–water partition coefficient (Wildman–Crippen LogP) is 2.18. The summed E-state index contributed by atoms with van der Waals surface area (Å²) in [7, 11) is 4.15. The Morgan fingerprint density at radius 1 is 1.33 bits per heavy atom. The van der Waals surface area contributed by atoms with Gasteiger partial charge in [-0.15, -0.1) is 0 Å². The molecular formula is C13H20N2. The van der Waals surface area contributed by atoms with Gasteiger partial charge in [-0.05, 0) is 43.4 Å². The highest BCUT2D eigenvalue weighted by Gasteiger charge is 2.37. The zero-order chi connectivity index (χ0) is 10.9. The summed E-state index contributed by atoms with van der Waals surface area (Å²) in [5, 5.41) is 0. The van der Waals surface area contributed by atoms with Crippen LogP contribution in [0.25, 0.3) is 0 Å². The molecule has 0 unspecified atom stereocenters. The van der Waals surface area contributed by atoms with Crippen molar-refractivity contribution in [1.29, 1.82) is 0 Å². The highest BCUT2D eigenvalue weighted by atomic mass is 15.1. The Bertz CT molecular complexity index is 340. The average Bonchev–Trinajstić information content (AvgIpc) is 2.95. The van der Waals surface area contributed by atoms with Crippen LogP contribution in [0.2, 0.25) is 0 Å². The molecule has 0 radical (unpaired) electrons. The van der Waals surface area contributed by atoms with E-state index in [4.69, 9.17) is 5.73 Å². The molecule has 0 aromatic heterocycles. The summed E-state index contributed by atoms with van der Waals surface area (Å²) in [5.41, 5.74) is 8.93. The first-order chi connectivity index (χ1) is 7.09. The minimum Gasteiger partial charge on any atom is -0.378 e. The number of nitrogens with zero attached hydrogens (tertiary/aromatic N) is 1. The maximum atomic E-state index is 6.08. The molecule has 0 heterocycles. The van der Waals surface area contributed by atoms with E-state index >= 15 is 0 Å². The van der Waals surface area contributed by atoms with Crippen LogP contribution in [0.15, 0.2) is 24.3 Å². The highest BCUT2D eigenvalue weighted by molar-refractivity contribution is 5.47. The number of anilines is 1. The van der Waals surface area contributed by atoms with E-state index in [1.165, 1.54) is 24.1 Å². The normalized spacial score (nSPS) is 17.5. The monoisotopic (exact) mass is 204 g/mol. The van der Waals surface area contributed by atoms with Gasteiger partial charge in [-0.3, -0.25) is 0 Å². The second-order valence-corrected chi connectivity index (χ2v) is 4.93. The number of aryl methyl sites for hydroxylation is 1. The lowest BCUT2D eigenvalue weighted by Crippen LogP contribution is -2.22. The van der Waals surface area contributed by atoms with E-state index in [0.29, 0.717) is 0 Å². The van der Waals surface area contributed by atoms with Crippen LogP contribution in [-0.2, 0) is 6.42 Å². The fraction of sp³-hybridized carbons (Fsp3) is 0.538. The Hall–Kier alpha value is -1.02. The van der Waals surface area contributed by atoms with Crippen molar-refractivity contribution in [3.8, 4) is 0 Å². The summed E-state index contributed by atoms with van der Waals surface area (Å²) in [6, 6.07) is 8.71. The van der Waals surface area contributed by atoms with Crippen molar-refractivity contribution in [3.05, 3.63) is 29.8 Å². The maximum Gasteiger partial charge on any atom is 0.0363 e. The standard InChI is InChI=1S/C13H20N2/c1-15(2)12-5-3-4-11(10-12)6-7-13(14)8-9-13/h3-5,10H,6-9,14H2,1-2H3. The van der Waals surface area contributed by atoms with E-state index in [-0.39, 0.29) is 5.54 Å². The SMILES string of the molecule is CN(C)c1cccc(CCC2(N)CC2)c1. The Morgan fingerprint density at radius 3 is 2.67 bits per heavy atom. The van der Waals surface area contributed by atoms with E-state index in [1.807, 2.05) is 0 Å². The molecule has 1 aliphatic rings. The first kappa shape index (κ1) is 10.5. The van der Waals surface area contributed by atoms with E-state index in [9.17, 15) is 0 Å². The molecule has 1 saturated carbocycles. The zero-order valence-corrected chi connectivity index (χ0v) is 9.66. The van der Waals surface area contributed by atoms with Crippen LogP contribution in [0.1, 0.15) is 24.8 Å². The summed E-state index contributed by atoms with van der Waals surface area (Å²) >= 11 is 0. The molecule has 1 aliphatic carbocycles. The van der Waals surface area contributed by atoms with Crippen LogP contribution >= 0.6 is 0 Å². The van der Waals surface area contributed by atoms with Gasteiger partial charge in [0.05, 0.1) is 0 Å². The Labute approximate surface area is 92.1 Å². The van der Waals surface area contributed by atoms with Crippen molar-refractivity contribution < 1.29 is 0 Å². The summed E-state index contributed by atoms with van der Waals surface area (Å²) in [4.78, 5) is 2.14. The second kappa shape index (κ2) is 3.86. The smallest absolute Gasteiger partial charge is 0.0363 e.